The zero-order valence-electron chi connectivity index (χ0n) is 13.3. The molecule has 1 heterocycles. The number of nitrogens with one attached hydrogen (secondary N) is 1. The van der Waals surface area contributed by atoms with Crippen LogP contribution in [-0.4, -0.2) is 27.5 Å². The maximum Gasteiger partial charge on any atom is 0.260 e. The number of hydrogen-bond acceptors (Lipinski definition) is 2. The molecule has 0 aromatic carbocycles. The fraction of sp³-hybridized carbons (Fsp3) is 0.750. The summed E-state index contributed by atoms with van der Waals surface area (Å²) in [6.45, 7) is 0. The number of anilines is 1. The Balaban J connectivity index is 1.61. The monoisotopic (exact) mass is 345 g/mol. The smallest absolute Gasteiger partial charge is 0.260 e. The van der Waals surface area contributed by atoms with Gasteiger partial charge in [-0.3, -0.25) is 9.48 Å². The maximum atomic E-state index is 13.3. The van der Waals surface area contributed by atoms with E-state index in [1.165, 1.54) is 4.68 Å². The molecule has 0 spiro atoms. The highest BCUT2D eigenvalue weighted by molar-refractivity contribution is 5.95. The standard InChI is InChI=1S/C16H19F4N3O/c1-23-12(9-5-15(17,18)6-9)11(8-3-2-4-8)13(22-23)21-14(24)10-7-16(10,19)20/h8-10H,2-7H2,1H3,(H,21,22,24)/t10-/m0/s1. The maximum absolute atomic E-state index is 13.3. The molecule has 8 heteroatoms. The third kappa shape index (κ3) is 2.50. The summed E-state index contributed by atoms with van der Waals surface area (Å²) < 4.78 is 54.2. The van der Waals surface area contributed by atoms with E-state index in [0.29, 0.717) is 0 Å². The summed E-state index contributed by atoms with van der Waals surface area (Å²) in [5.74, 6) is -7.46. The Hall–Kier alpha value is -1.60. The predicted molar refractivity (Wildman–Crippen MR) is 78.4 cm³/mol. The fourth-order valence-electron chi connectivity index (χ4n) is 3.79. The number of carbonyl (C=O) groups excluding carboxylic acids is 1. The minimum Gasteiger partial charge on any atom is -0.309 e. The van der Waals surface area contributed by atoms with Gasteiger partial charge in [-0.05, 0) is 18.8 Å². The van der Waals surface area contributed by atoms with Gasteiger partial charge < -0.3 is 5.32 Å². The van der Waals surface area contributed by atoms with Crippen molar-refractivity contribution < 1.29 is 22.4 Å². The lowest BCUT2D eigenvalue weighted by Crippen LogP contribution is -2.35. The number of nitrogens with zero attached hydrogens (tertiary/aromatic N) is 2. The molecule has 1 aromatic rings. The van der Waals surface area contributed by atoms with Gasteiger partial charge in [0.25, 0.3) is 5.92 Å². The van der Waals surface area contributed by atoms with Gasteiger partial charge in [0.1, 0.15) is 5.92 Å². The Bertz CT molecular complexity index is 688. The van der Waals surface area contributed by atoms with Crippen molar-refractivity contribution in [2.75, 3.05) is 5.32 Å². The van der Waals surface area contributed by atoms with E-state index in [1.54, 1.807) is 7.05 Å². The lowest BCUT2D eigenvalue weighted by Gasteiger charge is -2.37. The molecule has 0 unspecified atom stereocenters. The van der Waals surface area contributed by atoms with Crippen molar-refractivity contribution in [1.29, 1.82) is 0 Å². The SMILES string of the molecule is Cn1nc(NC(=O)[C@@H]2CC2(F)F)c(C2CCC2)c1C1CC(F)(F)C1. The molecule has 1 N–H and O–H groups in total. The molecule has 4 rings (SSSR count). The van der Waals surface area contributed by atoms with E-state index in [2.05, 4.69) is 10.4 Å². The zero-order chi connectivity index (χ0) is 17.3. The molecule has 0 bridgehead atoms. The lowest BCUT2D eigenvalue weighted by atomic mass is 9.72. The summed E-state index contributed by atoms with van der Waals surface area (Å²) in [4.78, 5) is 12.0. The Morgan fingerprint density at radius 2 is 1.79 bits per heavy atom. The molecule has 0 radical (unpaired) electrons. The van der Waals surface area contributed by atoms with Gasteiger partial charge in [-0.25, -0.2) is 17.6 Å². The third-order valence-electron chi connectivity index (χ3n) is 5.50. The van der Waals surface area contributed by atoms with Gasteiger partial charge in [-0.2, -0.15) is 5.10 Å². The minimum absolute atomic E-state index is 0.165. The molecule has 0 saturated heterocycles. The molecule has 4 nitrogen and oxygen atoms in total. The van der Waals surface area contributed by atoms with Crippen molar-refractivity contribution in [3.63, 3.8) is 0 Å². The average Bonchev–Trinajstić information content (AvgIpc) is 2.91. The summed E-state index contributed by atoms with van der Waals surface area (Å²) in [7, 11) is 1.66. The van der Waals surface area contributed by atoms with Gasteiger partial charge in [0.2, 0.25) is 11.8 Å². The van der Waals surface area contributed by atoms with E-state index in [1.807, 2.05) is 0 Å². The first-order chi connectivity index (χ1) is 11.2. The second kappa shape index (κ2) is 4.95. The first kappa shape index (κ1) is 15.9. The first-order valence-corrected chi connectivity index (χ1v) is 8.31. The summed E-state index contributed by atoms with van der Waals surface area (Å²) in [6.07, 6.45) is 1.97. The zero-order valence-corrected chi connectivity index (χ0v) is 13.3. The highest BCUT2D eigenvalue weighted by Crippen LogP contribution is 2.53. The van der Waals surface area contributed by atoms with E-state index in [4.69, 9.17) is 0 Å². The molecular weight excluding hydrogens is 326 g/mol. The molecule has 1 aromatic heterocycles. The lowest BCUT2D eigenvalue weighted by molar-refractivity contribution is -0.119. The average molecular weight is 345 g/mol. The molecule has 3 fully saturated rings. The van der Waals surface area contributed by atoms with Crippen LogP contribution in [0.2, 0.25) is 0 Å². The molecule has 132 valence electrons. The van der Waals surface area contributed by atoms with Crippen LogP contribution in [0.25, 0.3) is 0 Å². The molecule has 3 aliphatic rings. The molecular formula is C16H19F4N3O. The molecule has 1 atom stereocenters. The Morgan fingerprint density at radius 3 is 2.25 bits per heavy atom. The van der Waals surface area contributed by atoms with Gasteiger partial charge in [-0.15, -0.1) is 0 Å². The number of aromatic nitrogens is 2. The predicted octanol–water partition coefficient (Wildman–Crippen LogP) is 3.79. The number of halogens is 4. The summed E-state index contributed by atoms with van der Waals surface area (Å²) in [5.41, 5.74) is 1.50. The van der Waals surface area contributed by atoms with Gasteiger partial charge >= 0.3 is 0 Å². The number of hydrogen-bond donors (Lipinski definition) is 1. The van der Waals surface area contributed by atoms with E-state index in [0.717, 1.165) is 30.5 Å². The number of amides is 1. The largest absolute Gasteiger partial charge is 0.309 e. The summed E-state index contributed by atoms with van der Waals surface area (Å²) in [5, 5.41) is 6.78. The van der Waals surface area contributed by atoms with Crippen LogP contribution >= 0.6 is 0 Å². The molecule has 24 heavy (non-hydrogen) atoms. The van der Waals surface area contributed by atoms with Crippen LogP contribution in [0.5, 0.6) is 0 Å². The number of aryl methyl sites for hydroxylation is 1. The van der Waals surface area contributed by atoms with E-state index < -0.39 is 30.1 Å². The van der Waals surface area contributed by atoms with Crippen LogP contribution in [0.1, 0.15) is 61.6 Å². The second-order valence-corrected chi connectivity index (χ2v) is 7.37. The number of alkyl halides is 4. The molecule has 0 aliphatic heterocycles. The molecule has 3 saturated carbocycles. The summed E-state index contributed by atoms with van der Waals surface area (Å²) in [6, 6.07) is 0. The Labute approximate surface area is 136 Å². The van der Waals surface area contributed by atoms with Crippen molar-refractivity contribution in [2.24, 2.45) is 13.0 Å². The van der Waals surface area contributed by atoms with Crippen LogP contribution in [0.4, 0.5) is 23.4 Å². The van der Waals surface area contributed by atoms with Gasteiger partial charge in [0.15, 0.2) is 5.82 Å². The van der Waals surface area contributed by atoms with Crippen molar-refractivity contribution in [3.8, 4) is 0 Å². The van der Waals surface area contributed by atoms with Crippen molar-refractivity contribution in [1.82, 2.24) is 9.78 Å². The van der Waals surface area contributed by atoms with Crippen molar-refractivity contribution >= 4 is 11.7 Å². The number of rotatable bonds is 4. The van der Waals surface area contributed by atoms with Crippen LogP contribution in [0.15, 0.2) is 0 Å². The topological polar surface area (TPSA) is 46.9 Å². The fourth-order valence-corrected chi connectivity index (χ4v) is 3.79. The van der Waals surface area contributed by atoms with Crippen LogP contribution in [0, 0.1) is 5.92 Å². The molecule has 3 aliphatic carbocycles. The van der Waals surface area contributed by atoms with E-state index >= 15 is 0 Å². The van der Waals surface area contributed by atoms with Gasteiger partial charge in [0, 0.05) is 43.5 Å². The van der Waals surface area contributed by atoms with Crippen LogP contribution in [0.3, 0.4) is 0 Å². The van der Waals surface area contributed by atoms with Crippen LogP contribution < -0.4 is 5.32 Å². The van der Waals surface area contributed by atoms with Crippen molar-refractivity contribution in [3.05, 3.63) is 11.3 Å². The minimum atomic E-state index is -2.94. The van der Waals surface area contributed by atoms with Crippen molar-refractivity contribution in [2.45, 2.75) is 62.2 Å². The number of carbonyl (C=O) groups is 1. The van der Waals surface area contributed by atoms with Gasteiger partial charge in [0.05, 0.1) is 0 Å². The Morgan fingerprint density at radius 1 is 1.17 bits per heavy atom. The second-order valence-electron chi connectivity index (χ2n) is 7.37. The van der Waals surface area contributed by atoms with E-state index in [-0.39, 0.29) is 30.5 Å². The quantitative estimate of drug-likeness (QED) is 0.844. The van der Waals surface area contributed by atoms with Crippen LogP contribution in [-0.2, 0) is 11.8 Å². The van der Waals surface area contributed by atoms with Gasteiger partial charge in [-0.1, -0.05) is 6.42 Å². The summed E-state index contributed by atoms with van der Waals surface area (Å²) >= 11 is 0. The highest BCUT2D eigenvalue weighted by atomic mass is 19.3. The Kier molecular flexibility index (Phi) is 3.28. The third-order valence-corrected chi connectivity index (χ3v) is 5.50. The van der Waals surface area contributed by atoms with E-state index in [9.17, 15) is 22.4 Å². The normalized spacial score (nSPS) is 28.1. The first-order valence-electron chi connectivity index (χ1n) is 8.31. The molecule has 1 amide bonds. The highest BCUT2D eigenvalue weighted by Gasteiger charge is 2.61.